The Morgan fingerprint density at radius 2 is 1.07 bits per heavy atom. The second-order valence-corrected chi connectivity index (χ2v) is 13.0. The number of ether oxygens (including phenoxy) is 2. The average Bonchev–Trinajstić information content (AvgIpc) is 2.97. The molecule has 3 atom stereocenters. The highest BCUT2D eigenvalue weighted by Gasteiger charge is 2.26. The topological polar surface area (TPSA) is 132 Å². The monoisotopic (exact) mass is 624 g/mol. The lowest BCUT2D eigenvalue weighted by Gasteiger charge is -2.20. The molecule has 0 spiro atoms. The summed E-state index contributed by atoms with van der Waals surface area (Å²) in [6, 6.07) is 0. The molecule has 252 valence electrons. The largest absolute Gasteiger partial charge is 0.472 e. The van der Waals surface area contributed by atoms with E-state index in [4.69, 9.17) is 23.6 Å². The van der Waals surface area contributed by atoms with Crippen molar-refractivity contribution in [2.75, 3.05) is 33.0 Å². The molecule has 0 aliphatic carbocycles. The lowest BCUT2D eigenvalue weighted by molar-refractivity contribution is -0.154. The van der Waals surface area contributed by atoms with Crippen molar-refractivity contribution in [1.82, 2.24) is 0 Å². The Hall–Kier alpha value is -0.540. The molecular weight excluding hydrogens is 559 g/mol. The van der Waals surface area contributed by atoms with Gasteiger partial charge in [0, 0.05) is 13.0 Å². The van der Waals surface area contributed by atoms with Gasteiger partial charge in [0.25, 0.3) is 0 Å². The van der Waals surface area contributed by atoms with E-state index in [0.717, 1.165) is 32.1 Å². The maximum absolute atomic E-state index is 12.4. The smallest absolute Gasteiger partial charge is 0.457 e. The van der Waals surface area contributed by atoms with E-state index in [1.54, 1.807) is 0 Å². The molecule has 0 saturated heterocycles. The van der Waals surface area contributed by atoms with Crippen LogP contribution in [0.1, 0.15) is 155 Å². The predicted molar refractivity (Wildman–Crippen MR) is 168 cm³/mol. The first-order chi connectivity index (χ1) is 20.3. The molecule has 0 aromatic rings. The Kier molecular flexibility index (Phi) is 30.1. The van der Waals surface area contributed by atoms with Crippen LogP contribution in [0.15, 0.2) is 0 Å². The number of phosphoric ester groups is 1. The summed E-state index contributed by atoms with van der Waals surface area (Å²) in [6.07, 6.45) is 23.5. The van der Waals surface area contributed by atoms with E-state index in [1.165, 1.54) is 103 Å². The molecule has 0 heterocycles. The quantitative estimate of drug-likeness (QED) is 0.0377. The second kappa shape index (κ2) is 30.5. The first-order valence-corrected chi connectivity index (χ1v) is 18.5. The van der Waals surface area contributed by atoms with Crippen molar-refractivity contribution in [3.63, 3.8) is 0 Å². The fraction of sp³-hybridized carbons (Fsp3) is 0.969. The normalized spacial score (nSPS) is 14.5. The number of hydrogen-bond acceptors (Lipinski definition) is 8. The molecule has 0 aromatic heterocycles. The van der Waals surface area contributed by atoms with E-state index in [1.807, 2.05) is 0 Å². The van der Waals surface area contributed by atoms with Gasteiger partial charge in [0.1, 0.15) is 12.2 Å². The number of carbonyl (C=O) groups is 1. The molecule has 0 radical (unpaired) electrons. The van der Waals surface area contributed by atoms with Gasteiger partial charge in [-0.25, -0.2) is 4.57 Å². The fourth-order valence-corrected chi connectivity index (χ4v) is 5.44. The van der Waals surface area contributed by atoms with Crippen LogP contribution in [0.3, 0.4) is 0 Å². The molecule has 3 unspecified atom stereocenters. The van der Waals surface area contributed by atoms with E-state index in [0.29, 0.717) is 6.61 Å². The van der Waals surface area contributed by atoms with Crippen LogP contribution in [-0.4, -0.2) is 66.3 Å². The third-order valence-electron chi connectivity index (χ3n) is 7.29. The van der Waals surface area contributed by atoms with Crippen LogP contribution in [0, 0.1) is 0 Å². The first-order valence-electron chi connectivity index (χ1n) is 17.0. The molecular formula is C32H65O9P. The molecule has 0 fully saturated rings. The highest BCUT2D eigenvalue weighted by Crippen LogP contribution is 2.43. The van der Waals surface area contributed by atoms with Crippen LogP contribution in [0.5, 0.6) is 0 Å². The van der Waals surface area contributed by atoms with Gasteiger partial charge in [0.15, 0.2) is 0 Å². The van der Waals surface area contributed by atoms with Crippen molar-refractivity contribution in [1.29, 1.82) is 0 Å². The maximum Gasteiger partial charge on any atom is 0.472 e. The Balaban J connectivity index is 4.27. The van der Waals surface area contributed by atoms with Gasteiger partial charge in [-0.05, 0) is 12.8 Å². The van der Waals surface area contributed by atoms with Crippen LogP contribution >= 0.6 is 7.82 Å². The molecule has 42 heavy (non-hydrogen) atoms. The van der Waals surface area contributed by atoms with Gasteiger partial charge < -0.3 is 24.6 Å². The summed E-state index contributed by atoms with van der Waals surface area (Å²) in [5.74, 6) is -0.383. The molecule has 0 aliphatic heterocycles. The number of carbonyl (C=O) groups excluding carboxylic acids is 1. The summed E-state index contributed by atoms with van der Waals surface area (Å²) in [4.78, 5) is 22.3. The summed E-state index contributed by atoms with van der Waals surface area (Å²) < 4.78 is 33.1. The maximum atomic E-state index is 12.4. The molecule has 0 amide bonds. The lowest BCUT2D eigenvalue weighted by atomic mass is 10.1. The van der Waals surface area contributed by atoms with Gasteiger partial charge in [-0.2, -0.15) is 0 Å². The van der Waals surface area contributed by atoms with Crippen molar-refractivity contribution in [2.24, 2.45) is 0 Å². The number of aliphatic hydroxyl groups is 2. The number of unbranched alkanes of at least 4 members (excludes halogenated alkanes) is 19. The zero-order valence-corrected chi connectivity index (χ0v) is 27.9. The summed E-state index contributed by atoms with van der Waals surface area (Å²) in [6.45, 7) is 3.50. The highest BCUT2D eigenvalue weighted by molar-refractivity contribution is 7.47. The van der Waals surface area contributed by atoms with Crippen LogP contribution in [-0.2, 0) is 27.9 Å². The van der Waals surface area contributed by atoms with Crippen molar-refractivity contribution < 1.29 is 43.0 Å². The molecule has 9 nitrogen and oxygen atoms in total. The van der Waals surface area contributed by atoms with Crippen LogP contribution < -0.4 is 0 Å². The summed E-state index contributed by atoms with van der Waals surface area (Å²) in [5, 5.41) is 18.2. The number of rotatable bonds is 33. The van der Waals surface area contributed by atoms with Gasteiger partial charge in [0.2, 0.25) is 0 Å². The van der Waals surface area contributed by atoms with Gasteiger partial charge in [-0.3, -0.25) is 13.8 Å². The minimum Gasteiger partial charge on any atom is -0.457 e. The van der Waals surface area contributed by atoms with E-state index in [-0.39, 0.29) is 25.6 Å². The lowest BCUT2D eigenvalue weighted by Crippen LogP contribution is -2.29. The van der Waals surface area contributed by atoms with Gasteiger partial charge in [-0.1, -0.05) is 136 Å². The highest BCUT2D eigenvalue weighted by atomic mass is 31.2. The molecule has 0 bridgehead atoms. The van der Waals surface area contributed by atoms with Crippen molar-refractivity contribution in [3.8, 4) is 0 Å². The van der Waals surface area contributed by atoms with Crippen molar-refractivity contribution in [3.05, 3.63) is 0 Å². The minimum absolute atomic E-state index is 0.0563. The molecule has 10 heteroatoms. The standard InChI is InChI=1S/C32H65O9P/c1-3-5-7-9-11-13-15-17-19-21-23-25-38-28-31(29-40-42(36,37)39-27-30(34)26-33)41-32(35)24-22-20-18-16-14-12-10-8-6-4-2/h30-31,33-34H,3-29H2,1-2H3,(H,36,37). The Bertz CT molecular complexity index is 635. The van der Waals surface area contributed by atoms with E-state index in [2.05, 4.69) is 13.8 Å². The summed E-state index contributed by atoms with van der Waals surface area (Å²) in [5.41, 5.74) is 0. The first kappa shape index (κ1) is 41.5. The second-order valence-electron chi connectivity index (χ2n) is 11.6. The number of esters is 1. The van der Waals surface area contributed by atoms with E-state index in [9.17, 15) is 19.4 Å². The minimum atomic E-state index is -4.49. The average molecular weight is 625 g/mol. The molecule has 3 N–H and O–H groups in total. The number of aliphatic hydroxyl groups excluding tert-OH is 2. The number of hydrogen-bond donors (Lipinski definition) is 3. The zero-order valence-electron chi connectivity index (χ0n) is 27.0. The van der Waals surface area contributed by atoms with Crippen LogP contribution in [0.4, 0.5) is 0 Å². The molecule has 0 aromatic carbocycles. The van der Waals surface area contributed by atoms with E-state index >= 15 is 0 Å². The van der Waals surface area contributed by atoms with Gasteiger partial charge in [0.05, 0.1) is 26.4 Å². The molecule has 0 aliphatic rings. The van der Waals surface area contributed by atoms with Gasteiger partial charge in [-0.15, -0.1) is 0 Å². The summed E-state index contributed by atoms with van der Waals surface area (Å²) in [7, 11) is -4.49. The zero-order chi connectivity index (χ0) is 31.2. The summed E-state index contributed by atoms with van der Waals surface area (Å²) >= 11 is 0. The molecule has 0 saturated carbocycles. The third kappa shape index (κ3) is 29.5. The molecule has 0 rings (SSSR count). The van der Waals surface area contributed by atoms with Crippen LogP contribution in [0.2, 0.25) is 0 Å². The SMILES string of the molecule is CCCCCCCCCCCCCOCC(COP(=O)(O)OCC(O)CO)OC(=O)CCCCCCCCCCCC. The Labute approximate surface area is 257 Å². The van der Waals surface area contributed by atoms with Crippen LogP contribution in [0.25, 0.3) is 0 Å². The van der Waals surface area contributed by atoms with Crippen molar-refractivity contribution >= 4 is 13.8 Å². The third-order valence-corrected chi connectivity index (χ3v) is 8.24. The van der Waals surface area contributed by atoms with E-state index < -0.39 is 33.2 Å². The van der Waals surface area contributed by atoms with Gasteiger partial charge >= 0.3 is 13.8 Å². The fourth-order valence-electron chi connectivity index (χ4n) is 4.65. The predicted octanol–water partition coefficient (Wildman–Crippen LogP) is 8.02. The Morgan fingerprint density at radius 1 is 0.643 bits per heavy atom. The number of phosphoric acid groups is 1. The van der Waals surface area contributed by atoms with Crippen molar-refractivity contribution in [2.45, 2.75) is 167 Å². The Morgan fingerprint density at radius 3 is 1.55 bits per heavy atom.